The van der Waals surface area contributed by atoms with Crippen LogP contribution in [-0.2, 0) is 6.42 Å². The van der Waals surface area contributed by atoms with Crippen LogP contribution in [0, 0.1) is 0 Å². The van der Waals surface area contributed by atoms with Crippen LogP contribution in [-0.4, -0.2) is 4.98 Å². The number of aromatic nitrogens is 1. The predicted octanol–water partition coefficient (Wildman–Crippen LogP) is 5.17. The summed E-state index contributed by atoms with van der Waals surface area (Å²) in [7, 11) is 0. The maximum absolute atomic E-state index is 5.92. The van der Waals surface area contributed by atoms with Crippen molar-refractivity contribution in [3.05, 3.63) is 57.8 Å². The molecule has 0 saturated heterocycles. The molecule has 21 heavy (non-hydrogen) atoms. The monoisotopic (exact) mass is 314 g/mol. The summed E-state index contributed by atoms with van der Waals surface area (Å²) in [6.45, 7) is 4.43. The van der Waals surface area contributed by atoms with E-state index in [2.05, 4.69) is 60.6 Å². The summed E-state index contributed by atoms with van der Waals surface area (Å²) in [5.74, 6) is 0.569. The average molecular weight is 314 g/mol. The molecule has 0 unspecified atom stereocenters. The van der Waals surface area contributed by atoms with Gasteiger partial charge in [0.1, 0.15) is 0 Å². The molecule has 3 rings (SSSR count). The van der Waals surface area contributed by atoms with Gasteiger partial charge in [-0.1, -0.05) is 44.2 Å². The quantitative estimate of drug-likeness (QED) is 0.721. The number of nitrogens with zero attached hydrogens (tertiary/aromatic N) is 1. The molecule has 4 heteroatoms. The van der Waals surface area contributed by atoms with Gasteiger partial charge in [0, 0.05) is 11.3 Å². The van der Waals surface area contributed by atoms with Crippen molar-refractivity contribution >= 4 is 27.8 Å². The van der Waals surface area contributed by atoms with Gasteiger partial charge in [0.05, 0.1) is 10.6 Å². The Morgan fingerprint density at radius 1 is 1.14 bits per heavy atom. The summed E-state index contributed by atoms with van der Waals surface area (Å²) in [6.07, 6.45) is 0.889. The minimum absolute atomic E-state index is 0.569. The van der Waals surface area contributed by atoms with Crippen LogP contribution in [0.25, 0.3) is 10.6 Å². The highest BCUT2D eigenvalue weighted by molar-refractivity contribution is 7.17. The van der Waals surface area contributed by atoms with E-state index in [4.69, 9.17) is 5.73 Å². The third kappa shape index (κ3) is 3.17. The van der Waals surface area contributed by atoms with Crippen LogP contribution in [0.4, 0.5) is 5.13 Å². The first-order chi connectivity index (χ1) is 10.1. The molecule has 0 saturated carbocycles. The standard InChI is InChI=1S/C17H18N2S2/c1-11(2)13-7-5-12(6-8-13)10-15-16(19-17(18)21-15)14-4-3-9-20-14/h3-9,11H,10H2,1-2H3,(H2,18,19). The molecule has 3 aromatic rings. The van der Waals surface area contributed by atoms with Crippen molar-refractivity contribution in [1.82, 2.24) is 4.98 Å². The van der Waals surface area contributed by atoms with Crippen molar-refractivity contribution in [1.29, 1.82) is 0 Å². The molecule has 108 valence electrons. The second kappa shape index (κ2) is 6.00. The van der Waals surface area contributed by atoms with Crippen LogP contribution in [0.5, 0.6) is 0 Å². The normalized spacial score (nSPS) is 11.2. The Hall–Kier alpha value is -1.65. The van der Waals surface area contributed by atoms with Gasteiger partial charge in [0.2, 0.25) is 0 Å². The molecule has 0 aliphatic carbocycles. The molecule has 0 radical (unpaired) electrons. The third-order valence-corrected chi connectivity index (χ3v) is 5.24. The highest BCUT2D eigenvalue weighted by Crippen LogP contribution is 2.34. The van der Waals surface area contributed by atoms with Crippen molar-refractivity contribution < 1.29 is 0 Å². The number of nitrogen functional groups attached to an aromatic ring is 1. The molecule has 0 amide bonds. The molecule has 2 nitrogen and oxygen atoms in total. The lowest BCUT2D eigenvalue weighted by Gasteiger charge is -2.06. The van der Waals surface area contributed by atoms with Crippen LogP contribution in [0.1, 0.15) is 35.8 Å². The number of thiazole rings is 1. The molecule has 0 bridgehead atoms. The SMILES string of the molecule is CC(C)c1ccc(Cc2sc(N)nc2-c2cccs2)cc1. The largest absolute Gasteiger partial charge is 0.375 e. The maximum atomic E-state index is 5.92. The van der Waals surface area contributed by atoms with Crippen LogP contribution in [0.2, 0.25) is 0 Å². The Morgan fingerprint density at radius 3 is 2.52 bits per heavy atom. The topological polar surface area (TPSA) is 38.9 Å². The van der Waals surface area contributed by atoms with E-state index < -0.39 is 0 Å². The van der Waals surface area contributed by atoms with Crippen LogP contribution >= 0.6 is 22.7 Å². The van der Waals surface area contributed by atoms with Gasteiger partial charge in [0.25, 0.3) is 0 Å². The number of hydrogen-bond donors (Lipinski definition) is 1. The number of thiophene rings is 1. The van der Waals surface area contributed by atoms with Gasteiger partial charge in [-0.05, 0) is 28.5 Å². The lowest BCUT2D eigenvalue weighted by atomic mass is 10.0. The van der Waals surface area contributed by atoms with Crippen molar-refractivity contribution in [2.45, 2.75) is 26.2 Å². The third-order valence-electron chi connectivity index (χ3n) is 3.48. The summed E-state index contributed by atoms with van der Waals surface area (Å²) in [5.41, 5.74) is 9.64. The zero-order valence-electron chi connectivity index (χ0n) is 12.2. The summed E-state index contributed by atoms with van der Waals surface area (Å²) in [5, 5.41) is 2.72. The molecule has 1 aromatic carbocycles. The summed E-state index contributed by atoms with van der Waals surface area (Å²) in [4.78, 5) is 6.94. The lowest BCUT2D eigenvalue weighted by Crippen LogP contribution is -1.91. The average Bonchev–Trinajstić information content (AvgIpc) is 3.09. The first-order valence-electron chi connectivity index (χ1n) is 7.01. The molecule has 2 N–H and O–H groups in total. The van der Waals surface area contributed by atoms with Gasteiger partial charge in [-0.2, -0.15) is 0 Å². The van der Waals surface area contributed by atoms with Crippen molar-refractivity contribution in [3.8, 4) is 10.6 Å². The first kappa shape index (κ1) is 14.3. The van der Waals surface area contributed by atoms with E-state index in [1.54, 1.807) is 22.7 Å². The fraction of sp³-hybridized carbons (Fsp3) is 0.235. The fourth-order valence-corrected chi connectivity index (χ4v) is 3.99. The predicted molar refractivity (Wildman–Crippen MR) is 93.2 cm³/mol. The summed E-state index contributed by atoms with van der Waals surface area (Å²) < 4.78 is 0. The Labute approximate surface area is 133 Å². The van der Waals surface area contributed by atoms with Crippen LogP contribution in [0.15, 0.2) is 41.8 Å². The van der Waals surface area contributed by atoms with E-state index in [1.807, 2.05) is 0 Å². The van der Waals surface area contributed by atoms with E-state index in [0.717, 1.165) is 12.1 Å². The molecule has 0 fully saturated rings. The van der Waals surface area contributed by atoms with Gasteiger partial charge in [-0.25, -0.2) is 4.98 Å². The van der Waals surface area contributed by atoms with Gasteiger partial charge < -0.3 is 5.73 Å². The summed E-state index contributed by atoms with van der Waals surface area (Å²) in [6, 6.07) is 13.0. The smallest absolute Gasteiger partial charge is 0.180 e. The van der Waals surface area contributed by atoms with Crippen molar-refractivity contribution in [3.63, 3.8) is 0 Å². The highest BCUT2D eigenvalue weighted by Gasteiger charge is 2.13. The Balaban J connectivity index is 1.88. The number of benzene rings is 1. The first-order valence-corrected chi connectivity index (χ1v) is 8.71. The molecule has 0 aliphatic heterocycles. The van der Waals surface area contributed by atoms with Crippen LogP contribution in [0.3, 0.4) is 0 Å². The molecular formula is C17H18N2S2. The van der Waals surface area contributed by atoms with Crippen LogP contribution < -0.4 is 5.73 Å². The highest BCUT2D eigenvalue weighted by atomic mass is 32.1. The molecule has 2 aromatic heterocycles. The molecular weight excluding hydrogens is 296 g/mol. The van der Waals surface area contributed by atoms with Crippen molar-refractivity contribution in [2.24, 2.45) is 0 Å². The number of hydrogen-bond acceptors (Lipinski definition) is 4. The van der Waals surface area contributed by atoms with E-state index >= 15 is 0 Å². The summed E-state index contributed by atoms with van der Waals surface area (Å²) >= 11 is 3.30. The number of anilines is 1. The molecule has 2 heterocycles. The maximum Gasteiger partial charge on any atom is 0.180 e. The fourth-order valence-electron chi connectivity index (χ4n) is 2.30. The Kier molecular flexibility index (Phi) is 4.08. The minimum Gasteiger partial charge on any atom is -0.375 e. The van der Waals surface area contributed by atoms with Gasteiger partial charge in [-0.3, -0.25) is 0 Å². The van der Waals surface area contributed by atoms with Gasteiger partial charge in [-0.15, -0.1) is 22.7 Å². The molecule has 0 atom stereocenters. The zero-order valence-corrected chi connectivity index (χ0v) is 13.8. The lowest BCUT2D eigenvalue weighted by molar-refractivity contribution is 0.865. The van der Waals surface area contributed by atoms with Gasteiger partial charge in [0.15, 0.2) is 5.13 Å². The van der Waals surface area contributed by atoms with E-state index in [-0.39, 0.29) is 0 Å². The molecule has 0 spiro atoms. The second-order valence-corrected chi connectivity index (χ2v) is 7.44. The van der Waals surface area contributed by atoms with E-state index in [0.29, 0.717) is 11.0 Å². The van der Waals surface area contributed by atoms with Gasteiger partial charge >= 0.3 is 0 Å². The number of nitrogens with two attached hydrogens (primary N) is 1. The second-order valence-electron chi connectivity index (χ2n) is 5.37. The van der Waals surface area contributed by atoms with Crippen molar-refractivity contribution in [2.75, 3.05) is 5.73 Å². The van der Waals surface area contributed by atoms with E-state index in [1.165, 1.54) is 20.9 Å². The van der Waals surface area contributed by atoms with E-state index in [9.17, 15) is 0 Å². The molecule has 0 aliphatic rings. The number of rotatable bonds is 4. The Bertz CT molecular complexity index is 710. The zero-order chi connectivity index (χ0) is 14.8. The Morgan fingerprint density at radius 2 is 1.90 bits per heavy atom. The minimum atomic E-state index is 0.569.